The van der Waals surface area contributed by atoms with Crippen LogP contribution in [0.2, 0.25) is 0 Å². The van der Waals surface area contributed by atoms with Crippen LogP contribution in [0, 0.1) is 11.8 Å². The van der Waals surface area contributed by atoms with Crippen molar-refractivity contribution in [1.29, 1.82) is 0 Å². The minimum Gasteiger partial charge on any atom is -0.467 e. The second-order valence-corrected chi connectivity index (χ2v) is 9.59. The largest absolute Gasteiger partial charge is 0.467 e. The third-order valence-electron chi connectivity index (χ3n) is 6.41. The molecule has 0 saturated heterocycles. The number of hydroxylamine groups is 1. The number of hydrogen-bond donors (Lipinski definition) is 5. The normalized spacial score (nSPS) is 12.6. The van der Waals surface area contributed by atoms with Gasteiger partial charge in [-0.25, -0.2) is 10.3 Å². The molecule has 0 aliphatic carbocycles. The van der Waals surface area contributed by atoms with Crippen molar-refractivity contribution in [2.24, 2.45) is 11.8 Å². The number of nitrogens with zero attached hydrogens (tertiary/aromatic N) is 3. The zero-order chi connectivity index (χ0) is 28.4. The van der Waals surface area contributed by atoms with Crippen LogP contribution in [-0.2, 0) is 43.4 Å². The molecule has 3 amide bonds. The molecule has 0 fully saturated rings. The molecular weight excluding hydrogens is 506 g/mol. The van der Waals surface area contributed by atoms with Gasteiger partial charge in [0, 0.05) is 48.8 Å². The highest BCUT2D eigenvalue weighted by Gasteiger charge is 2.25. The summed E-state index contributed by atoms with van der Waals surface area (Å²) in [5.74, 6) is -2.47. The molecular formula is C26H35N7O6. The van der Waals surface area contributed by atoms with E-state index in [1.165, 1.54) is 7.11 Å². The van der Waals surface area contributed by atoms with Crippen molar-refractivity contribution < 1.29 is 29.1 Å². The van der Waals surface area contributed by atoms with Gasteiger partial charge in [0.1, 0.15) is 11.7 Å². The van der Waals surface area contributed by atoms with Gasteiger partial charge >= 0.3 is 5.97 Å². The zero-order valence-electron chi connectivity index (χ0n) is 22.3. The molecule has 210 valence electrons. The van der Waals surface area contributed by atoms with Gasteiger partial charge in [-0.2, -0.15) is 0 Å². The van der Waals surface area contributed by atoms with Gasteiger partial charge < -0.3 is 20.4 Å². The standard InChI is InChI=1S/C26H35N7O6/c1-16(2)20(12-24(35)31-38)25(36)28-14-18-15-33(32-30-18)10-6-9-23(34)29-22(26(37)39-3)11-17-13-27-21-8-5-4-7-19(17)21/h4-5,7-8,13,15-16,20,22,27,38H,6,9-12,14H2,1-3H3,(H,28,36)(H,29,34)(H,31,35)/t20?,22-/m0/s1. The first kappa shape index (κ1) is 29.3. The molecule has 2 aromatic heterocycles. The molecule has 2 atom stereocenters. The fourth-order valence-corrected chi connectivity index (χ4v) is 4.24. The summed E-state index contributed by atoms with van der Waals surface area (Å²) < 4.78 is 6.46. The molecule has 13 heteroatoms. The second kappa shape index (κ2) is 14.0. The van der Waals surface area contributed by atoms with E-state index in [1.807, 2.05) is 44.3 Å². The van der Waals surface area contributed by atoms with Crippen LogP contribution in [0.1, 0.15) is 44.4 Å². The molecule has 0 radical (unpaired) electrons. The van der Waals surface area contributed by atoms with Crippen molar-refractivity contribution in [1.82, 2.24) is 36.1 Å². The van der Waals surface area contributed by atoms with Crippen LogP contribution in [-0.4, -0.2) is 62.0 Å². The number of hydrogen-bond acceptors (Lipinski definition) is 8. The zero-order valence-corrected chi connectivity index (χ0v) is 22.3. The number of benzene rings is 1. The Morgan fingerprint density at radius 1 is 1.15 bits per heavy atom. The average Bonchev–Trinajstić information content (AvgIpc) is 3.56. The number of aromatic nitrogens is 4. The Hall–Kier alpha value is -4.26. The predicted molar refractivity (Wildman–Crippen MR) is 140 cm³/mol. The number of amides is 3. The van der Waals surface area contributed by atoms with E-state index in [0.29, 0.717) is 25.1 Å². The number of H-pyrrole nitrogens is 1. The van der Waals surface area contributed by atoms with Crippen LogP contribution < -0.4 is 16.1 Å². The number of rotatable bonds is 14. The van der Waals surface area contributed by atoms with Gasteiger partial charge in [0.2, 0.25) is 17.7 Å². The van der Waals surface area contributed by atoms with Gasteiger partial charge in [-0.3, -0.25) is 24.3 Å². The summed E-state index contributed by atoms with van der Waals surface area (Å²) in [7, 11) is 1.29. The highest BCUT2D eigenvalue weighted by atomic mass is 16.5. The van der Waals surface area contributed by atoms with E-state index in [4.69, 9.17) is 9.94 Å². The molecule has 0 bridgehead atoms. The van der Waals surface area contributed by atoms with E-state index < -0.39 is 23.8 Å². The number of aromatic amines is 1. The van der Waals surface area contributed by atoms with Crippen molar-refractivity contribution in [2.75, 3.05) is 7.11 Å². The summed E-state index contributed by atoms with van der Waals surface area (Å²) in [5.41, 5.74) is 3.92. The monoisotopic (exact) mass is 541 g/mol. The number of fused-ring (bicyclic) bond motifs is 1. The lowest BCUT2D eigenvalue weighted by atomic mass is 9.91. The lowest BCUT2D eigenvalue weighted by Crippen LogP contribution is -2.43. The average molecular weight is 542 g/mol. The Bertz CT molecular complexity index is 1280. The van der Waals surface area contributed by atoms with Crippen LogP contribution in [0.25, 0.3) is 10.9 Å². The van der Waals surface area contributed by atoms with Gasteiger partial charge in [-0.05, 0) is 24.0 Å². The fourth-order valence-electron chi connectivity index (χ4n) is 4.24. The van der Waals surface area contributed by atoms with Crippen molar-refractivity contribution in [3.8, 4) is 0 Å². The molecule has 13 nitrogen and oxygen atoms in total. The minimum atomic E-state index is -0.818. The van der Waals surface area contributed by atoms with Crippen LogP contribution >= 0.6 is 0 Å². The maximum atomic E-state index is 12.6. The maximum Gasteiger partial charge on any atom is 0.328 e. The molecule has 0 spiro atoms. The molecule has 3 aromatic rings. The second-order valence-electron chi connectivity index (χ2n) is 9.59. The maximum absolute atomic E-state index is 12.6. The number of carbonyl (C=O) groups excluding carboxylic acids is 4. The van der Waals surface area contributed by atoms with Crippen molar-refractivity contribution in [3.63, 3.8) is 0 Å². The SMILES string of the molecule is COC(=O)[C@H](Cc1c[nH]c2ccccc12)NC(=O)CCCn1cc(CNC(=O)C(CC(=O)NO)C(C)C)nn1. The summed E-state index contributed by atoms with van der Waals surface area (Å²) in [6, 6.07) is 6.90. The van der Waals surface area contributed by atoms with E-state index in [9.17, 15) is 19.2 Å². The van der Waals surface area contributed by atoms with Crippen LogP contribution in [0.4, 0.5) is 0 Å². The highest BCUT2D eigenvalue weighted by Crippen LogP contribution is 2.19. The van der Waals surface area contributed by atoms with Gasteiger partial charge in [-0.15, -0.1) is 5.10 Å². The van der Waals surface area contributed by atoms with E-state index in [2.05, 4.69) is 25.9 Å². The first-order valence-electron chi connectivity index (χ1n) is 12.7. The van der Waals surface area contributed by atoms with Crippen LogP contribution in [0.5, 0.6) is 0 Å². The van der Waals surface area contributed by atoms with E-state index in [1.54, 1.807) is 16.4 Å². The van der Waals surface area contributed by atoms with Crippen molar-refractivity contribution in [3.05, 3.63) is 47.9 Å². The third-order valence-corrected chi connectivity index (χ3v) is 6.41. The van der Waals surface area contributed by atoms with E-state index >= 15 is 0 Å². The quantitative estimate of drug-likeness (QED) is 0.115. The number of ether oxygens (including phenoxy) is 1. The molecule has 2 heterocycles. The van der Waals surface area contributed by atoms with Gasteiger partial charge in [0.05, 0.1) is 19.9 Å². The lowest BCUT2D eigenvalue weighted by molar-refractivity contribution is -0.145. The predicted octanol–water partition coefficient (Wildman–Crippen LogP) is 1.22. The van der Waals surface area contributed by atoms with E-state index in [0.717, 1.165) is 16.5 Å². The summed E-state index contributed by atoms with van der Waals surface area (Å²) in [4.78, 5) is 52.0. The molecule has 0 aliphatic rings. The number of methoxy groups -OCH3 is 1. The molecule has 0 saturated carbocycles. The Kier molecular flexibility index (Phi) is 10.6. The van der Waals surface area contributed by atoms with Gasteiger partial charge in [0.15, 0.2) is 0 Å². The number of carbonyl (C=O) groups is 4. The summed E-state index contributed by atoms with van der Waals surface area (Å²) in [6.07, 6.45) is 4.27. The molecule has 0 aliphatic heterocycles. The summed E-state index contributed by atoms with van der Waals surface area (Å²) in [5, 5.41) is 23.3. The van der Waals surface area contributed by atoms with Gasteiger partial charge in [0.25, 0.3) is 0 Å². The third kappa shape index (κ3) is 8.37. The lowest BCUT2D eigenvalue weighted by Gasteiger charge is -2.18. The first-order valence-corrected chi connectivity index (χ1v) is 12.7. The van der Waals surface area contributed by atoms with Crippen molar-refractivity contribution >= 4 is 34.6 Å². The van der Waals surface area contributed by atoms with E-state index in [-0.39, 0.29) is 37.1 Å². The smallest absolute Gasteiger partial charge is 0.328 e. The Balaban J connectivity index is 1.46. The Morgan fingerprint density at radius 3 is 2.64 bits per heavy atom. The summed E-state index contributed by atoms with van der Waals surface area (Å²) in [6.45, 7) is 4.16. The number of nitrogens with one attached hydrogen (secondary N) is 4. The number of aryl methyl sites for hydroxylation is 1. The number of esters is 1. The first-order chi connectivity index (χ1) is 18.7. The molecule has 1 unspecified atom stereocenters. The minimum absolute atomic E-state index is 0.106. The molecule has 3 rings (SSSR count). The Morgan fingerprint density at radius 2 is 1.92 bits per heavy atom. The van der Waals surface area contributed by atoms with Crippen molar-refractivity contribution in [2.45, 2.75) is 58.7 Å². The molecule has 1 aromatic carbocycles. The summed E-state index contributed by atoms with van der Waals surface area (Å²) >= 11 is 0. The highest BCUT2D eigenvalue weighted by molar-refractivity contribution is 5.87. The van der Waals surface area contributed by atoms with Crippen LogP contribution in [0.3, 0.4) is 0 Å². The Labute approximate surface area is 225 Å². The van der Waals surface area contributed by atoms with Crippen LogP contribution in [0.15, 0.2) is 36.7 Å². The fraction of sp³-hybridized carbons (Fsp3) is 0.462. The van der Waals surface area contributed by atoms with Gasteiger partial charge in [-0.1, -0.05) is 37.3 Å². The topological polar surface area (TPSA) is 180 Å². The molecule has 5 N–H and O–H groups in total. The number of para-hydroxylation sites is 1. The molecule has 39 heavy (non-hydrogen) atoms.